The SMILES string of the molecule is Cc1cc(CCC2CCCC2)on1. The molecular formula is C11H17NO. The second kappa shape index (κ2) is 3.95. The summed E-state index contributed by atoms with van der Waals surface area (Å²) in [6.07, 6.45) is 8.07. The monoisotopic (exact) mass is 179 g/mol. The molecule has 0 bridgehead atoms. The number of hydrogen-bond donors (Lipinski definition) is 0. The van der Waals surface area contributed by atoms with Gasteiger partial charge in [0, 0.05) is 12.5 Å². The van der Waals surface area contributed by atoms with Crippen LogP contribution in [0.4, 0.5) is 0 Å². The molecule has 2 rings (SSSR count). The Morgan fingerprint density at radius 1 is 1.46 bits per heavy atom. The zero-order valence-corrected chi connectivity index (χ0v) is 8.25. The Bertz CT molecular complexity index is 261. The van der Waals surface area contributed by atoms with Crippen LogP contribution in [0.5, 0.6) is 0 Å². The molecule has 0 saturated heterocycles. The van der Waals surface area contributed by atoms with Crippen molar-refractivity contribution in [3.8, 4) is 0 Å². The van der Waals surface area contributed by atoms with Crippen molar-refractivity contribution in [1.29, 1.82) is 0 Å². The maximum absolute atomic E-state index is 5.17. The fourth-order valence-electron chi connectivity index (χ4n) is 2.18. The zero-order valence-electron chi connectivity index (χ0n) is 8.25. The number of rotatable bonds is 3. The van der Waals surface area contributed by atoms with Gasteiger partial charge in [0.15, 0.2) is 0 Å². The van der Waals surface area contributed by atoms with E-state index >= 15 is 0 Å². The fourth-order valence-corrected chi connectivity index (χ4v) is 2.18. The lowest BCUT2D eigenvalue weighted by molar-refractivity contribution is 0.364. The molecule has 1 heterocycles. The topological polar surface area (TPSA) is 26.0 Å². The van der Waals surface area contributed by atoms with Crippen LogP contribution < -0.4 is 0 Å². The summed E-state index contributed by atoms with van der Waals surface area (Å²) in [4.78, 5) is 0. The molecule has 0 unspecified atom stereocenters. The molecule has 1 aromatic heterocycles. The van der Waals surface area contributed by atoms with E-state index in [9.17, 15) is 0 Å². The molecule has 1 aliphatic carbocycles. The molecule has 0 radical (unpaired) electrons. The number of nitrogens with zero attached hydrogens (tertiary/aromatic N) is 1. The van der Waals surface area contributed by atoms with Crippen molar-refractivity contribution >= 4 is 0 Å². The molecule has 0 spiro atoms. The predicted octanol–water partition coefficient (Wildman–Crippen LogP) is 3.11. The van der Waals surface area contributed by atoms with Crippen molar-refractivity contribution in [2.75, 3.05) is 0 Å². The molecule has 1 aromatic rings. The Balaban J connectivity index is 1.78. The van der Waals surface area contributed by atoms with E-state index in [0.29, 0.717) is 0 Å². The third-order valence-corrected chi connectivity index (χ3v) is 2.95. The van der Waals surface area contributed by atoms with Gasteiger partial charge in [-0.2, -0.15) is 0 Å². The summed E-state index contributed by atoms with van der Waals surface area (Å²) in [5.41, 5.74) is 1.00. The van der Waals surface area contributed by atoms with Crippen LogP contribution in [-0.4, -0.2) is 5.16 Å². The molecule has 2 nitrogen and oxygen atoms in total. The minimum atomic E-state index is 0.949. The van der Waals surface area contributed by atoms with Gasteiger partial charge < -0.3 is 4.52 Å². The van der Waals surface area contributed by atoms with Gasteiger partial charge in [-0.3, -0.25) is 0 Å². The van der Waals surface area contributed by atoms with Crippen LogP contribution in [-0.2, 0) is 6.42 Å². The lowest BCUT2D eigenvalue weighted by atomic mass is 10.0. The van der Waals surface area contributed by atoms with Gasteiger partial charge in [-0.15, -0.1) is 0 Å². The summed E-state index contributed by atoms with van der Waals surface area (Å²) in [6.45, 7) is 1.97. The van der Waals surface area contributed by atoms with E-state index < -0.39 is 0 Å². The number of aryl methyl sites for hydroxylation is 2. The van der Waals surface area contributed by atoms with Gasteiger partial charge >= 0.3 is 0 Å². The molecule has 1 saturated carbocycles. The molecular weight excluding hydrogens is 162 g/mol. The summed E-state index contributed by atoms with van der Waals surface area (Å²) >= 11 is 0. The maximum Gasteiger partial charge on any atom is 0.137 e. The van der Waals surface area contributed by atoms with E-state index in [2.05, 4.69) is 11.2 Å². The summed E-state index contributed by atoms with van der Waals surface area (Å²) < 4.78 is 5.17. The molecule has 0 atom stereocenters. The lowest BCUT2D eigenvalue weighted by Crippen LogP contribution is -1.95. The lowest BCUT2D eigenvalue weighted by Gasteiger charge is -2.05. The number of hydrogen-bond acceptors (Lipinski definition) is 2. The van der Waals surface area contributed by atoms with Gasteiger partial charge in [-0.05, 0) is 19.3 Å². The van der Waals surface area contributed by atoms with Crippen molar-refractivity contribution in [2.24, 2.45) is 5.92 Å². The van der Waals surface area contributed by atoms with Gasteiger partial charge in [-0.25, -0.2) is 0 Å². The normalized spacial score (nSPS) is 18.2. The van der Waals surface area contributed by atoms with Crippen LogP contribution in [0.2, 0.25) is 0 Å². The van der Waals surface area contributed by atoms with E-state index in [1.165, 1.54) is 32.1 Å². The minimum Gasteiger partial charge on any atom is -0.361 e. The average molecular weight is 179 g/mol. The van der Waals surface area contributed by atoms with E-state index in [4.69, 9.17) is 4.52 Å². The Morgan fingerprint density at radius 3 is 2.85 bits per heavy atom. The fraction of sp³-hybridized carbons (Fsp3) is 0.727. The third-order valence-electron chi connectivity index (χ3n) is 2.95. The van der Waals surface area contributed by atoms with Gasteiger partial charge in [0.25, 0.3) is 0 Å². The van der Waals surface area contributed by atoms with E-state index in [1.807, 2.05) is 6.92 Å². The molecule has 13 heavy (non-hydrogen) atoms. The Kier molecular flexibility index (Phi) is 2.67. The zero-order chi connectivity index (χ0) is 9.10. The van der Waals surface area contributed by atoms with Crippen LogP contribution in [0.1, 0.15) is 43.6 Å². The highest BCUT2D eigenvalue weighted by Gasteiger charge is 2.15. The maximum atomic E-state index is 5.17. The summed E-state index contributed by atoms with van der Waals surface area (Å²) in [6, 6.07) is 2.05. The summed E-state index contributed by atoms with van der Waals surface area (Å²) in [5.74, 6) is 2.01. The van der Waals surface area contributed by atoms with Crippen LogP contribution in [0, 0.1) is 12.8 Å². The Labute approximate surface area is 79.3 Å². The first-order chi connectivity index (χ1) is 6.34. The quantitative estimate of drug-likeness (QED) is 0.712. The van der Waals surface area contributed by atoms with Crippen LogP contribution >= 0.6 is 0 Å². The Hall–Kier alpha value is -0.790. The van der Waals surface area contributed by atoms with Crippen molar-refractivity contribution in [2.45, 2.75) is 45.4 Å². The highest BCUT2D eigenvalue weighted by Crippen LogP contribution is 2.28. The van der Waals surface area contributed by atoms with Crippen molar-refractivity contribution < 1.29 is 4.52 Å². The van der Waals surface area contributed by atoms with Gasteiger partial charge in [0.2, 0.25) is 0 Å². The summed E-state index contributed by atoms with van der Waals surface area (Å²) in [7, 11) is 0. The second-order valence-corrected chi connectivity index (χ2v) is 4.12. The molecule has 2 heteroatoms. The van der Waals surface area contributed by atoms with Crippen molar-refractivity contribution in [3.05, 3.63) is 17.5 Å². The van der Waals surface area contributed by atoms with E-state index in [-0.39, 0.29) is 0 Å². The van der Waals surface area contributed by atoms with Gasteiger partial charge in [-0.1, -0.05) is 30.8 Å². The third kappa shape index (κ3) is 2.33. The predicted molar refractivity (Wildman–Crippen MR) is 51.5 cm³/mol. The molecule has 1 fully saturated rings. The number of aromatic nitrogens is 1. The molecule has 0 amide bonds. The van der Waals surface area contributed by atoms with E-state index in [0.717, 1.165) is 23.8 Å². The highest BCUT2D eigenvalue weighted by molar-refractivity contribution is 5.03. The first kappa shape index (κ1) is 8.79. The first-order valence-corrected chi connectivity index (χ1v) is 5.27. The smallest absolute Gasteiger partial charge is 0.137 e. The molecule has 1 aliphatic rings. The molecule has 0 N–H and O–H groups in total. The van der Waals surface area contributed by atoms with Crippen LogP contribution in [0.15, 0.2) is 10.6 Å². The van der Waals surface area contributed by atoms with Gasteiger partial charge in [0.1, 0.15) is 5.76 Å². The van der Waals surface area contributed by atoms with Crippen molar-refractivity contribution in [1.82, 2.24) is 5.16 Å². The first-order valence-electron chi connectivity index (χ1n) is 5.27. The van der Waals surface area contributed by atoms with E-state index in [1.54, 1.807) is 0 Å². The van der Waals surface area contributed by atoms with Crippen molar-refractivity contribution in [3.63, 3.8) is 0 Å². The average Bonchev–Trinajstić information content (AvgIpc) is 2.71. The largest absolute Gasteiger partial charge is 0.361 e. The minimum absolute atomic E-state index is 0.949. The highest BCUT2D eigenvalue weighted by atomic mass is 16.5. The van der Waals surface area contributed by atoms with Crippen LogP contribution in [0.25, 0.3) is 0 Å². The second-order valence-electron chi connectivity index (χ2n) is 4.12. The Morgan fingerprint density at radius 2 is 2.23 bits per heavy atom. The molecule has 0 aliphatic heterocycles. The van der Waals surface area contributed by atoms with Crippen LogP contribution in [0.3, 0.4) is 0 Å². The molecule has 0 aromatic carbocycles. The molecule has 72 valence electrons. The summed E-state index contributed by atoms with van der Waals surface area (Å²) in [5, 5.41) is 3.89. The van der Waals surface area contributed by atoms with Gasteiger partial charge in [0.05, 0.1) is 5.69 Å². The standard InChI is InChI=1S/C11H17NO/c1-9-8-11(13-12-9)7-6-10-4-2-3-5-10/h8,10H,2-7H2,1H3.